The number of quaternary nitrogens is 1. The zero-order chi connectivity index (χ0) is 30.4. The Kier molecular flexibility index (Phi) is 29.5. The first kappa shape index (κ1) is 51.2. The van der Waals surface area contributed by atoms with E-state index in [1.165, 1.54) is 0 Å². The molecular weight excluding hydrogens is 587 g/mol. The van der Waals surface area contributed by atoms with Crippen molar-refractivity contribution in [3.63, 3.8) is 0 Å². The Morgan fingerprint density at radius 2 is 0.800 bits per heavy atom. The number of carbonyl (C=O) groups is 7. The maximum Gasteiger partial charge on any atom is 2.00 e. The maximum atomic E-state index is 10.1. The summed E-state index contributed by atoms with van der Waals surface area (Å²) in [6, 6.07) is 0. The molecule has 3 N–H and O–H groups in total. The molecule has 0 rings (SSSR count). The number of nitrogens with zero attached hydrogens (tertiary/aromatic N) is 1. The summed E-state index contributed by atoms with van der Waals surface area (Å²) in [5.41, 5.74) is -5.95. The van der Waals surface area contributed by atoms with E-state index in [0.29, 0.717) is 11.0 Å². The van der Waals surface area contributed by atoms with Crippen LogP contribution in [-0.4, -0.2) is 176 Å². The van der Waals surface area contributed by atoms with Gasteiger partial charge in [-0.3, -0.25) is 0 Å². The molecule has 0 saturated heterocycles. The van der Waals surface area contributed by atoms with E-state index in [-0.39, 0.29) is 75.6 Å². The molecule has 0 spiro atoms. The van der Waals surface area contributed by atoms with E-state index in [0.717, 1.165) is 0 Å². The smallest absolute Gasteiger partial charge is 0.550 e. The fraction of sp³-hybridized carbons (Fsp3) is 0.632. The van der Waals surface area contributed by atoms with E-state index >= 15 is 0 Å². The van der Waals surface area contributed by atoms with Crippen LogP contribution < -0.4 is 35.7 Å². The topological polar surface area (TPSA) is 342 Å². The number of aliphatic hydroxyl groups excluding tert-OH is 1. The van der Waals surface area contributed by atoms with Crippen molar-refractivity contribution in [2.75, 3.05) is 27.7 Å². The van der Waals surface area contributed by atoms with Crippen LogP contribution in [0.3, 0.4) is 0 Å². The molecule has 1 atom stereocenters. The molecule has 0 aliphatic carbocycles. The Morgan fingerprint density at radius 3 is 0.925 bits per heavy atom. The Morgan fingerprint density at radius 1 is 0.575 bits per heavy atom. The zero-order valence-corrected chi connectivity index (χ0v) is 26.2. The van der Waals surface area contributed by atoms with Crippen molar-refractivity contribution >= 4 is 111 Å². The van der Waals surface area contributed by atoms with E-state index in [1.54, 1.807) is 0 Å². The Balaban J connectivity index is -0.000000105. The van der Waals surface area contributed by atoms with Crippen molar-refractivity contribution in [1.82, 2.24) is 0 Å². The number of carbonyl (C=O) groups excluding carboxylic acids is 7. The van der Waals surface area contributed by atoms with Crippen molar-refractivity contribution in [3.8, 4) is 0 Å². The molecule has 1 unspecified atom stereocenters. The van der Waals surface area contributed by atoms with Crippen LogP contribution in [0.2, 0.25) is 0 Å². The summed E-state index contributed by atoms with van der Waals surface area (Å²) in [6.07, 6.45) is -6.52. The number of likely N-dealkylation sites (N-methyl/N-ethyl adjacent to an activating group) is 1. The summed E-state index contributed by atoms with van der Waals surface area (Å²) in [6.45, 7) is 0.425. The fourth-order valence-electron chi connectivity index (χ4n) is 2.26. The quantitative estimate of drug-likeness (QED) is 0.121. The fourth-order valence-corrected chi connectivity index (χ4v) is 2.26. The molecule has 0 aromatic rings. The largest absolute Gasteiger partial charge is 2.00 e. The minimum absolute atomic E-state index is 0. The molecule has 21 heteroatoms. The Labute approximate surface area is 275 Å². The van der Waals surface area contributed by atoms with Crippen LogP contribution in [0.15, 0.2) is 0 Å². The molecule has 0 aliphatic rings. The van der Waals surface area contributed by atoms with Crippen molar-refractivity contribution in [3.05, 3.63) is 0 Å². The molecule has 0 fully saturated rings. The maximum absolute atomic E-state index is 10.1. The van der Waals surface area contributed by atoms with E-state index in [1.807, 2.05) is 21.1 Å². The predicted molar refractivity (Wildman–Crippen MR) is 114 cm³/mol. The number of aliphatic hydroxyl groups is 3. The molecule has 0 bridgehead atoms. The van der Waals surface area contributed by atoms with Crippen LogP contribution in [0, 0.1) is 0 Å². The summed E-state index contributed by atoms with van der Waals surface area (Å²) in [5.74, 6) is -13.2. The van der Waals surface area contributed by atoms with Gasteiger partial charge in [0.15, 0.2) is 0 Å². The van der Waals surface area contributed by atoms with Crippen LogP contribution in [0.5, 0.6) is 0 Å². The van der Waals surface area contributed by atoms with E-state index in [2.05, 4.69) is 0 Å². The van der Waals surface area contributed by atoms with Crippen molar-refractivity contribution in [1.29, 1.82) is 0 Å². The molecule has 0 amide bonds. The average molecular weight is 612 g/mol. The van der Waals surface area contributed by atoms with Crippen LogP contribution >= 0.6 is 0 Å². The summed E-state index contributed by atoms with van der Waals surface area (Å²) < 4.78 is 0.550. The van der Waals surface area contributed by atoms with Crippen LogP contribution in [-0.2, 0) is 33.6 Å². The van der Waals surface area contributed by atoms with E-state index < -0.39 is 84.8 Å². The molecule has 0 aromatic carbocycles. The Bertz CT molecular complexity index is 775. The van der Waals surface area contributed by atoms with Crippen molar-refractivity contribution in [2.45, 2.75) is 49.4 Å². The molecule has 0 radical (unpaired) electrons. The molecule has 0 aliphatic heterocycles. The first-order valence-corrected chi connectivity index (χ1v) is 9.72. The van der Waals surface area contributed by atoms with Gasteiger partial charge in [0, 0.05) is 62.0 Å². The first-order valence-electron chi connectivity index (χ1n) is 9.72. The molecule has 0 heterocycles. The second-order valence-corrected chi connectivity index (χ2v) is 8.54. The van der Waals surface area contributed by atoms with Crippen molar-refractivity contribution < 1.29 is 89.1 Å². The minimum atomic E-state index is -2.97. The molecule has 40 heavy (non-hydrogen) atoms. The Hall–Kier alpha value is -1.57. The average Bonchev–Trinajstić information content (AvgIpc) is 2.57. The van der Waals surface area contributed by atoms with Gasteiger partial charge in [0.05, 0.1) is 33.1 Å². The summed E-state index contributed by atoms with van der Waals surface area (Å²) in [7, 11) is 5.66. The number of hydrogen-bond donors (Lipinski definition) is 3. The van der Waals surface area contributed by atoms with Crippen LogP contribution in [0.25, 0.3) is 0 Å². The second-order valence-electron chi connectivity index (χ2n) is 8.54. The molecule has 18 nitrogen and oxygen atoms in total. The third-order valence-electron chi connectivity index (χ3n) is 3.67. The summed E-state index contributed by atoms with van der Waals surface area (Å²) in [4.78, 5) is 70.0. The second kappa shape index (κ2) is 23.0. The number of rotatable bonds is 14. The van der Waals surface area contributed by atoms with Gasteiger partial charge < -0.3 is 89.1 Å². The number of carboxylic acid groups (broad SMARTS) is 7. The van der Waals surface area contributed by atoms with Gasteiger partial charge in [0.1, 0.15) is 23.9 Å². The standard InChI is InChI=1S/C7H15NO3.2C6H8O7.3Mg/c1-8(2,3)5-6(9)4-7(10)11;2*7-3(8)1-6(13,5(11)12)2-4(9)10;;;/h6,9H,4-5H2,1-3H3;2*13H,1-2H2,(H,7,8)(H,9,10)(H,11,12);;;/q;;;3*+2/p-6. The minimum Gasteiger partial charge on any atom is -0.550 e. The predicted octanol–water partition coefficient (Wildman–Crippen LogP) is -13.5. The van der Waals surface area contributed by atoms with Gasteiger partial charge in [0.25, 0.3) is 0 Å². The SMILES string of the molecule is C[N+](C)(C)CC(O)CC(=O)[O-].O=C([O-])CC(O)(CC(=O)[O-])C(=O)[O-].O=C([O-])CC(O)(CC(=O)[O-])C(=O)[O-].[Mg+2].[Mg+2].[Mg+2]. The third kappa shape index (κ3) is 29.4. The van der Waals surface area contributed by atoms with Gasteiger partial charge in [-0.05, 0) is 0 Å². The molecule has 0 saturated carbocycles. The number of carboxylic acids is 7. The summed E-state index contributed by atoms with van der Waals surface area (Å²) in [5, 5.41) is 97.0. The number of aliphatic carboxylic acids is 7. The van der Waals surface area contributed by atoms with E-state index in [9.17, 15) is 69.3 Å². The van der Waals surface area contributed by atoms with Crippen molar-refractivity contribution in [2.24, 2.45) is 0 Å². The van der Waals surface area contributed by atoms with Crippen LogP contribution in [0.4, 0.5) is 0 Å². The molecular formula is C19H25Mg3NO17. The van der Waals surface area contributed by atoms with Gasteiger partial charge >= 0.3 is 69.2 Å². The monoisotopic (exact) mass is 611 g/mol. The van der Waals surface area contributed by atoms with Crippen LogP contribution in [0.1, 0.15) is 32.1 Å². The zero-order valence-electron chi connectivity index (χ0n) is 21.9. The van der Waals surface area contributed by atoms with E-state index in [4.69, 9.17) is 15.3 Å². The third-order valence-corrected chi connectivity index (χ3v) is 3.67. The van der Waals surface area contributed by atoms with Gasteiger partial charge in [-0.25, -0.2) is 0 Å². The first-order chi connectivity index (χ1) is 16.4. The van der Waals surface area contributed by atoms with Gasteiger partial charge in [0.2, 0.25) is 0 Å². The normalized spacial score (nSPS) is 11.1. The number of hydrogen-bond acceptors (Lipinski definition) is 17. The van der Waals surface area contributed by atoms with Gasteiger partial charge in [-0.1, -0.05) is 0 Å². The molecule has 214 valence electrons. The summed E-state index contributed by atoms with van der Waals surface area (Å²) >= 11 is 0. The molecule has 0 aromatic heterocycles. The van der Waals surface area contributed by atoms with Gasteiger partial charge in [-0.15, -0.1) is 0 Å². The van der Waals surface area contributed by atoms with Gasteiger partial charge in [-0.2, -0.15) is 0 Å².